The molecule has 1 aliphatic carbocycles. The van der Waals surface area contributed by atoms with E-state index in [1.165, 1.54) is 12.0 Å². The first-order valence-electron chi connectivity index (χ1n) is 12.1. The number of benzene rings is 2. The molecule has 0 bridgehead atoms. The van der Waals surface area contributed by atoms with E-state index in [1.54, 1.807) is 4.90 Å². The molecule has 1 heterocycles. The van der Waals surface area contributed by atoms with Crippen LogP contribution in [0.25, 0.3) is 0 Å². The van der Waals surface area contributed by atoms with Crippen LogP contribution in [0.5, 0.6) is 5.75 Å². The quantitative estimate of drug-likeness (QED) is 0.617. The second kappa shape index (κ2) is 10.8. The second-order valence-corrected chi connectivity index (χ2v) is 9.33. The van der Waals surface area contributed by atoms with Crippen molar-refractivity contribution in [2.75, 3.05) is 18.1 Å². The summed E-state index contributed by atoms with van der Waals surface area (Å²) in [5, 5.41) is 13.1. The lowest BCUT2D eigenvalue weighted by molar-refractivity contribution is -0.144. The molecule has 2 aliphatic rings. The van der Waals surface area contributed by atoms with Crippen LogP contribution in [0.2, 0.25) is 0 Å². The van der Waals surface area contributed by atoms with Crippen molar-refractivity contribution in [2.45, 2.75) is 58.0 Å². The largest absolute Gasteiger partial charge is 0.489 e. The standard InChI is InChI=1S/C27H34N2O4/c1-19-11-13-20(14-12-19)17-29-24-9-5-6-10-25(24)33-18-23(26(29)30)28-16-15-22(27(31)32)21-7-3-2-4-8-21/h5-6,9-14,21-23,28H,2-4,7-8,15-18H2,1H3,(H,31,32)/t22-,23-/m0/s1. The van der Waals surface area contributed by atoms with Crippen LogP contribution < -0.4 is 15.0 Å². The summed E-state index contributed by atoms with van der Waals surface area (Å²) in [6, 6.07) is 15.3. The Morgan fingerprint density at radius 1 is 1.12 bits per heavy atom. The van der Waals surface area contributed by atoms with E-state index >= 15 is 0 Å². The SMILES string of the molecule is Cc1ccc(CN2C(=O)[C@@H](NCC[C@H](C(=O)O)C3CCCCC3)COc3ccccc32)cc1. The number of hydrogen-bond acceptors (Lipinski definition) is 4. The zero-order valence-electron chi connectivity index (χ0n) is 19.3. The molecule has 0 unspecified atom stereocenters. The molecule has 4 rings (SSSR count). The van der Waals surface area contributed by atoms with Gasteiger partial charge in [0.25, 0.3) is 0 Å². The van der Waals surface area contributed by atoms with Crippen LogP contribution >= 0.6 is 0 Å². The minimum Gasteiger partial charge on any atom is -0.489 e. The Hall–Kier alpha value is -2.86. The summed E-state index contributed by atoms with van der Waals surface area (Å²) in [6.45, 7) is 3.20. The van der Waals surface area contributed by atoms with Crippen molar-refractivity contribution >= 4 is 17.6 Å². The molecular weight excluding hydrogens is 416 g/mol. The minimum atomic E-state index is -0.722. The Morgan fingerprint density at radius 3 is 2.58 bits per heavy atom. The summed E-state index contributed by atoms with van der Waals surface area (Å²) in [6.07, 6.45) is 5.93. The third-order valence-corrected chi connectivity index (χ3v) is 6.97. The van der Waals surface area contributed by atoms with Gasteiger partial charge in [-0.15, -0.1) is 0 Å². The van der Waals surface area contributed by atoms with Gasteiger partial charge in [-0.05, 0) is 56.3 Å². The van der Waals surface area contributed by atoms with Crippen molar-refractivity contribution in [3.05, 3.63) is 59.7 Å². The van der Waals surface area contributed by atoms with Gasteiger partial charge in [0, 0.05) is 0 Å². The van der Waals surface area contributed by atoms with Crippen LogP contribution in [0.1, 0.15) is 49.7 Å². The minimum absolute atomic E-state index is 0.0509. The Bertz CT molecular complexity index is 953. The van der Waals surface area contributed by atoms with Gasteiger partial charge in [-0.1, -0.05) is 61.2 Å². The smallest absolute Gasteiger partial charge is 0.306 e. The number of para-hydroxylation sites is 2. The fourth-order valence-corrected chi connectivity index (χ4v) is 5.05. The van der Waals surface area contributed by atoms with Crippen molar-refractivity contribution in [1.29, 1.82) is 0 Å². The molecule has 0 aromatic heterocycles. The Kier molecular flexibility index (Phi) is 7.65. The van der Waals surface area contributed by atoms with Crippen LogP contribution in [-0.2, 0) is 16.1 Å². The van der Waals surface area contributed by atoms with Crippen LogP contribution in [0, 0.1) is 18.8 Å². The van der Waals surface area contributed by atoms with Crippen LogP contribution in [0.4, 0.5) is 5.69 Å². The molecule has 2 N–H and O–H groups in total. The first-order valence-corrected chi connectivity index (χ1v) is 12.1. The average Bonchev–Trinajstić information content (AvgIpc) is 2.95. The Labute approximate surface area is 195 Å². The number of aliphatic carboxylic acids is 1. The number of anilines is 1. The van der Waals surface area contributed by atoms with E-state index in [1.807, 2.05) is 55.5 Å². The summed E-state index contributed by atoms with van der Waals surface area (Å²) in [5.74, 6) is -0.208. The highest BCUT2D eigenvalue weighted by Gasteiger charge is 2.33. The third-order valence-electron chi connectivity index (χ3n) is 6.97. The van der Waals surface area contributed by atoms with Crippen molar-refractivity contribution < 1.29 is 19.4 Å². The van der Waals surface area contributed by atoms with Crippen molar-refractivity contribution in [1.82, 2.24) is 5.32 Å². The molecule has 1 aliphatic heterocycles. The first-order chi connectivity index (χ1) is 16.0. The molecule has 1 amide bonds. The van der Waals surface area contributed by atoms with Gasteiger partial charge >= 0.3 is 5.97 Å². The lowest BCUT2D eigenvalue weighted by Gasteiger charge is -2.28. The average molecular weight is 451 g/mol. The number of carbonyl (C=O) groups is 2. The van der Waals surface area contributed by atoms with Gasteiger partial charge < -0.3 is 20.1 Å². The van der Waals surface area contributed by atoms with Gasteiger partial charge in [0.2, 0.25) is 5.91 Å². The topological polar surface area (TPSA) is 78.9 Å². The summed E-state index contributed by atoms with van der Waals surface area (Å²) < 4.78 is 6.00. The van der Waals surface area contributed by atoms with Crippen molar-refractivity contribution in [3.63, 3.8) is 0 Å². The van der Waals surface area contributed by atoms with E-state index in [2.05, 4.69) is 5.32 Å². The van der Waals surface area contributed by atoms with E-state index in [9.17, 15) is 14.7 Å². The predicted molar refractivity (Wildman–Crippen MR) is 128 cm³/mol. The van der Waals surface area contributed by atoms with Gasteiger partial charge in [-0.2, -0.15) is 0 Å². The maximum atomic E-state index is 13.6. The molecular formula is C27H34N2O4. The number of rotatable bonds is 8. The maximum absolute atomic E-state index is 13.6. The van der Waals surface area contributed by atoms with Crippen LogP contribution in [-0.4, -0.2) is 36.2 Å². The highest BCUT2D eigenvalue weighted by molar-refractivity contribution is 5.99. The molecule has 2 aromatic rings. The second-order valence-electron chi connectivity index (χ2n) is 9.33. The molecule has 1 fully saturated rings. The molecule has 1 saturated carbocycles. The number of ether oxygens (including phenoxy) is 1. The highest BCUT2D eigenvalue weighted by Crippen LogP contribution is 2.33. The van der Waals surface area contributed by atoms with Gasteiger partial charge in [0.05, 0.1) is 18.2 Å². The molecule has 33 heavy (non-hydrogen) atoms. The normalized spacial score (nSPS) is 20.0. The molecule has 0 radical (unpaired) electrons. The zero-order chi connectivity index (χ0) is 23.2. The van der Waals surface area contributed by atoms with Crippen molar-refractivity contribution in [3.8, 4) is 5.75 Å². The summed E-state index contributed by atoms with van der Waals surface area (Å²) in [7, 11) is 0. The number of carboxylic acid groups (broad SMARTS) is 1. The summed E-state index contributed by atoms with van der Waals surface area (Å²) in [5.41, 5.74) is 2.99. The van der Waals surface area contributed by atoms with E-state index in [0.29, 0.717) is 25.3 Å². The number of nitrogens with zero attached hydrogens (tertiary/aromatic N) is 1. The fourth-order valence-electron chi connectivity index (χ4n) is 5.05. The number of amides is 1. The number of aryl methyl sites for hydroxylation is 1. The predicted octanol–water partition coefficient (Wildman–Crippen LogP) is 4.55. The molecule has 0 saturated heterocycles. The highest BCUT2D eigenvalue weighted by atomic mass is 16.5. The molecule has 6 heteroatoms. The number of carboxylic acids is 1. The molecule has 6 nitrogen and oxygen atoms in total. The Balaban J connectivity index is 1.45. The first kappa shape index (κ1) is 23.3. The number of carbonyl (C=O) groups excluding carboxylic acids is 1. The van der Waals surface area contributed by atoms with E-state index in [-0.39, 0.29) is 24.3 Å². The van der Waals surface area contributed by atoms with Crippen molar-refractivity contribution in [2.24, 2.45) is 11.8 Å². The molecule has 0 spiro atoms. The number of fused-ring (bicyclic) bond motifs is 1. The molecule has 176 valence electrons. The number of hydrogen-bond donors (Lipinski definition) is 2. The van der Waals surface area contributed by atoms with Gasteiger partial charge in [0.1, 0.15) is 18.4 Å². The monoisotopic (exact) mass is 450 g/mol. The van der Waals surface area contributed by atoms with E-state index in [0.717, 1.165) is 36.9 Å². The molecule has 2 atom stereocenters. The third kappa shape index (κ3) is 5.74. The lowest BCUT2D eigenvalue weighted by Crippen LogP contribution is -2.49. The van der Waals surface area contributed by atoms with Gasteiger partial charge in [-0.3, -0.25) is 9.59 Å². The summed E-state index contributed by atoms with van der Waals surface area (Å²) >= 11 is 0. The van der Waals surface area contributed by atoms with Crippen LogP contribution in [0.3, 0.4) is 0 Å². The zero-order valence-corrected chi connectivity index (χ0v) is 19.3. The fraction of sp³-hybridized carbons (Fsp3) is 0.481. The van der Waals surface area contributed by atoms with E-state index < -0.39 is 12.0 Å². The Morgan fingerprint density at radius 2 is 1.85 bits per heavy atom. The van der Waals surface area contributed by atoms with E-state index in [4.69, 9.17) is 4.74 Å². The number of nitrogens with one attached hydrogen (secondary N) is 1. The maximum Gasteiger partial charge on any atom is 0.306 e. The van der Waals surface area contributed by atoms with Crippen LogP contribution in [0.15, 0.2) is 48.5 Å². The van der Waals surface area contributed by atoms with Gasteiger partial charge in [-0.25, -0.2) is 0 Å². The summed E-state index contributed by atoms with van der Waals surface area (Å²) in [4.78, 5) is 27.2. The lowest BCUT2D eigenvalue weighted by atomic mass is 9.78. The van der Waals surface area contributed by atoms with Gasteiger partial charge in [0.15, 0.2) is 0 Å². The molecule has 2 aromatic carbocycles.